The van der Waals surface area contributed by atoms with Gasteiger partial charge in [0.1, 0.15) is 4.21 Å². The Morgan fingerprint density at radius 3 is 2.65 bits per heavy atom. The van der Waals surface area contributed by atoms with E-state index in [9.17, 15) is 8.42 Å². The van der Waals surface area contributed by atoms with Crippen LogP contribution < -0.4 is 4.72 Å². The lowest BCUT2D eigenvalue weighted by molar-refractivity contribution is 0.283. The van der Waals surface area contributed by atoms with Gasteiger partial charge in [-0.1, -0.05) is 11.6 Å². The molecule has 0 aromatic carbocycles. The van der Waals surface area contributed by atoms with Crippen LogP contribution in [0.2, 0.25) is 5.02 Å². The second kappa shape index (κ2) is 7.06. The number of aliphatic hydroxyl groups is 1. The van der Waals surface area contributed by atoms with Crippen molar-refractivity contribution in [1.82, 2.24) is 4.72 Å². The second-order valence-corrected chi connectivity index (χ2v) is 8.14. The Labute approximate surface area is 118 Å². The summed E-state index contributed by atoms with van der Waals surface area (Å²) in [4.78, 5) is 0. The van der Waals surface area contributed by atoms with E-state index in [-0.39, 0.29) is 10.8 Å². The number of thiophene rings is 1. The molecule has 1 heterocycles. The fourth-order valence-corrected chi connectivity index (χ4v) is 4.67. The monoisotopic (exact) mass is 361 g/mol. The van der Waals surface area contributed by atoms with Crippen LogP contribution in [0, 0.1) is 0 Å². The fourth-order valence-electron chi connectivity index (χ4n) is 1.15. The lowest BCUT2D eigenvalue weighted by atomic mass is 10.2. The maximum Gasteiger partial charge on any atom is 0.250 e. The van der Waals surface area contributed by atoms with Crippen molar-refractivity contribution in [2.75, 3.05) is 13.2 Å². The minimum atomic E-state index is -3.46. The van der Waals surface area contributed by atoms with E-state index in [1.165, 1.54) is 6.07 Å². The molecule has 0 saturated heterocycles. The van der Waals surface area contributed by atoms with Gasteiger partial charge in [-0.15, -0.1) is 11.3 Å². The summed E-state index contributed by atoms with van der Waals surface area (Å²) in [5, 5.41) is 8.98. The van der Waals surface area contributed by atoms with Gasteiger partial charge in [0.15, 0.2) is 0 Å². The zero-order valence-corrected chi connectivity index (χ0v) is 12.9. The Morgan fingerprint density at radius 1 is 1.41 bits per heavy atom. The van der Waals surface area contributed by atoms with Gasteiger partial charge in [-0.3, -0.25) is 0 Å². The molecule has 0 saturated carbocycles. The van der Waals surface area contributed by atoms with Crippen LogP contribution in [-0.4, -0.2) is 26.7 Å². The predicted molar refractivity (Wildman–Crippen MR) is 73.2 cm³/mol. The van der Waals surface area contributed by atoms with Crippen molar-refractivity contribution >= 4 is 48.9 Å². The van der Waals surface area contributed by atoms with Crippen molar-refractivity contribution in [3.63, 3.8) is 0 Å². The summed E-state index contributed by atoms with van der Waals surface area (Å²) in [7, 11) is -3.46. The molecule has 98 valence electrons. The average molecular weight is 363 g/mol. The first kappa shape index (κ1) is 15.4. The molecule has 1 aromatic rings. The number of unbranched alkanes of at least 4 members (excludes halogenated alkanes) is 2. The molecule has 0 aliphatic carbocycles. The SMILES string of the molecule is O=S(=O)(NCCCCCO)c1cc(Cl)c(Br)s1. The molecule has 2 N–H and O–H groups in total. The van der Waals surface area contributed by atoms with Gasteiger partial charge in [0, 0.05) is 13.2 Å². The van der Waals surface area contributed by atoms with Crippen LogP contribution in [0.25, 0.3) is 0 Å². The highest BCUT2D eigenvalue weighted by Gasteiger charge is 2.18. The fraction of sp³-hybridized carbons (Fsp3) is 0.556. The molecule has 0 spiro atoms. The molecule has 1 rings (SSSR count). The molecule has 8 heteroatoms. The average Bonchev–Trinajstić information content (AvgIpc) is 2.60. The Kier molecular flexibility index (Phi) is 6.39. The molecule has 0 radical (unpaired) electrons. The number of aliphatic hydroxyl groups excluding tert-OH is 1. The van der Waals surface area contributed by atoms with Gasteiger partial charge < -0.3 is 5.11 Å². The van der Waals surface area contributed by atoms with Crippen molar-refractivity contribution in [2.45, 2.75) is 23.5 Å². The number of nitrogens with one attached hydrogen (secondary N) is 1. The first-order valence-electron chi connectivity index (χ1n) is 5.02. The third-order valence-electron chi connectivity index (χ3n) is 2.01. The van der Waals surface area contributed by atoms with Crippen molar-refractivity contribution in [3.05, 3.63) is 14.9 Å². The summed E-state index contributed by atoms with van der Waals surface area (Å²) >= 11 is 10.0. The van der Waals surface area contributed by atoms with Crippen LogP contribution in [0.3, 0.4) is 0 Å². The van der Waals surface area contributed by atoms with Crippen molar-refractivity contribution < 1.29 is 13.5 Å². The molecular formula is C9H13BrClNO3S2. The predicted octanol–water partition coefficient (Wildman–Crippen LogP) is 2.60. The minimum Gasteiger partial charge on any atom is -0.396 e. The molecular weight excluding hydrogens is 350 g/mol. The van der Waals surface area contributed by atoms with Crippen molar-refractivity contribution in [3.8, 4) is 0 Å². The zero-order chi connectivity index (χ0) is 12.9. The summed E-state index contributed by atoms with van der Waals surface area (Å²) in [6.45, 7) is 0.510. The van der Waals surface area contributed by atoms with E-state index in [2.05, 4.69) is 20.7 Å². The Bertz CT molecular complexity index is 441. The Hall–Kier alpha value is 0.340. The third kappa shape index (κ3) is 4.84. The summed E-state index contributed by atoms with van der Waals surface area (Å²) in [5.74, 6) is 0. The molecule has 17 heavy (non-hydrogen) atoms. The van der Waals surface area contributed by atoms with E-state index in [1.54, 1.807) is 0 Å². The number of hydrogen-bond acceptors (Lipinski definition) is 4. The zero-order valence-electron chi connectivity index (χ0n) is 8.95. The van der Waals surface area contributed by atoms with Crippen LogP contribution in [0.4, 0.5) is 0 Å². The second-order valence-electron chi connectivity index (χ2n) is 3.37. The Balaban J connectivity index is 2.51. The molecule has 0 atom stereocenters. The van der Waals surface area contributed by atoms with Crippen LogP contribution in [-0.2, 0) is 10.0 Å². The summed E-state index contributed by atoms with van der Waals surface area (Å²) in [6.07, 6.45) is 2.20. The standard InChI is InChI=1S/C9H13BrClNO3S2/c10-9-7(11)6-8(16-9)17(14,15)12-4-2-1-3-5-13/h6,12-13H,1-5H2. The van der Waals surface area contributed by atoms with Gasteiger partial charge in [0.2, 0.25) is 10.0 Å². The van der Waals surface area contributed by atoms with Crippen LogP contribution in [0.5, 0.6) is 0 Å². The van der Waals surface area contributed by atoms with Gasteiger partial charge in [-0.05, 0) is 41.3 Å². The maximum absolute atomic E-state index is 11.8. The first-order valence-corrected chi connectivity index (χ1v) is 8.50. The highest BCUT2D eigenvalue weighted by Crippen LogP contribution is 2.34. The van der Waals surface area contributed by atoms with E-state index in [4.69, 9.17) is 16.7 Å². The van der Waals surface area contributed by atoms with E-state index in [0.717, 1.165) is 17.8 Å². The summed E-state index contributed by atoms with van der Waals surface area (Å²) in [5.41, 5.74) is 0. The van der Waals surface area contributed by atoms with Crippen molar-refractivity contribution in [1.29, 1.82) is 0 Å². The normalized spacial score (nSPS) is 11.9. The van der Waals surface area contributed by atoms with E-state index in [1.807, 2.05) is 0 Å². The number of rotatable bonds is 7. The van der Waals surface area contributed by atoms with Crippen LogP contribution in [0.15, 0.2) is 14.1 Å². The molecule has 0 amide bonds. The van der Waals surface area contributed by atoms with E-state index < -0.39 is 10.0 Å². The van der Waals surface area contributed by atoms with Gasteiger partial charge in [-0.2, -0.15) is 0 Å². The number of halogens is 2. The number of hydrogen-bond donors (Lipinski definition) is 2. The third-order valence-corrected chi connectivity index (χ3v) is 6.42. The van der Waals surface area contributed by atoms with E-state index >= 15 is 0 Å². The quantitative estimate of drug-likeness (QED) is 0.733. The molecule has 0 unspecified atom stereocenters. The van der Waals surface area contributed by atoms with Gasteiger partial charge in [-0.25, -0.2) is 13.1 Å². The summed E-state index contributed by atoms with van der Waals surface area (Å²) < 4.78 is 26.9. The topological polar surface area (TPSA) is 66.4 Å². The van der Waals surface area contributed by atoms with Gasteiger partial charge in [0.25, 0.3) is 0 Å². The first-order chi connectivity index (χ1) is 7.97. The van der Waals surface area contributed by atoms with Crippen LogP contribution in [0.1, 0.15) is 19.3 Å². The van der Waals surface area contributed by atoms with Gasteiger partial charge in [0.05, 0.1) is 8.81 Å². The van der Waals surface area contributed by atoms with E-state index in [0.29, 0.717) is 28.2 Å². The molecule has 0 aliphatic heterocycles. The number of sulfonamides is 1. The molecule has 4 nitrogen and oxygen atoms in total. The molecule has 0 bridgehead atoms. The lowest BCUT2D eigenvalue weighted by Crippen LogP contribution is -2.24. The maximum atomic E-state index is 11.8. The van der Waals surface area contributed by atoms with Crippen LogP contribution >= 0.6 is 38.9 Å². The van der Waals surface area contributed by atoms with Gasteiger partial charge >= 0.3 is 0 Å². The molecule has 1 aromatic heterocycles. The molecule has 0 fully saturated rings. The van der Waals surface area contributed by atoms with Crippen molar-refractivity contribution in [2.24, 2.45) is 0 Å². The highest BCUT2D eigenvalue weighted by atomic mass is 79.9. The minimum absolute atomic E-state index is 0.139. The largest absolute Gasteiger partial charge is 0.396 e. The lowest BCUT2D eigenvalue weighted by Gasteiger charge is -2.03. The Morgan fingerprint density at radius 2 is 2.12 bits per heavy atom. The smallest absolute Gasteiger partial charge is 0.250 e. The summed E-state index contributed by atoms with van der Waals surface area (Å²) in [6, 6.07) is 1.42. The molecule has 0 aliphatic rings. The highest BCUT2D eigenvalue weighted by molar-refractivity contribution is 9.11.